The zero-order valence-corrected chi connectivity index (χ0v) is 9.99. The molecule has 1 N–H and O–H groups in total. The van der Waals surface area contributed by atoms with Crippen molar-refractivity contribution in [3.8, 4) is 0 Å². The lowest BCUT2D eigenvalue weighted by atomic mass is 10.4. The Balaban J connectivity index is 4.56. The minimum atomic E-state index is 0.601. The van der Waals surface area contributed by atoms with Gasteiger partial charge in [-0.25, -0.2) is 4.99 Å². The third kappa shape index (κ3) is 6.06. The molecule has 89 valence electrons. The van der Waals surface area contributed by atoms with Crippen molar-refractivity contribution < 1.29 is 0 Å². The molecule has 0 fully saturated rings. The van der Waals surface area contributed by atoms with Crippen LogP contribution < -0.4 is 5.32 Å². The average molecular weight is 220 g/mol. The molecule has 0 aliphatic heterocycles. The van der Waals surface area contributed by atoms with Crippen molar-refractivity contribution in [3.63, 3.8) is 0 Å². The van der Waals surface area contributed by atoms with E-state index in [0.717, 1.165) is 25.5 Å². The molecule has 0 saturated heterocycles. The summed E-state index contributed by atoms with van der Waals surface area (Å²) in [6, 6.07) is 0. The van der Waals surface area contributed by atoms with Crippen molar-refractivity contribution in [2.24, 2.45) is 4.99 Å². The van der Waals surface area contributed by atoms with Crippen LogP contribution in [0.15, 0.2) is 43.0 Å². The largest absolute Gasteiger partial charge is 0.353 e. The zero-order chi connectivity index (χ0) is 12.2. The SMILES string of the molecule is [CH2]CCN(CC=C)C(=NCC=C)NCC=C. The van der Waals surface area contributed by atoms with E-state index in [2.05, 4.69) is 41.9 Å². The molecular weight excluding hydrogens is 198 g/mol. The molecule has 0 aromatic heterocycles. The van der Waals surface area contributed by atoms with E-state index in [0.29, 0.717) is 13.1 Å². The maximum absolute atomic E-state index is 4.41. The number of guanidine groups is 1. The highest BCUT2D eigenvalue weighted by Gasteiger charge is 2.06. The second-order valence-corrected chi connectivity index (χ2v) is 3.21. The molecule has 16 heavy (non-hydrogen) atoms. The monoisotopic (exact) mass is 220 g/mol. The van der Waals surface area contributed by atoms with Gasteiger partial charge in [0.15, 0.2) is 5.96 Å². The molecule has 1 radical (unpaired) electrons. The highest BCUT2D eigenvalue weighted by atomic mass is 15.3. The van der Waals surface area contributed by atoms with E-state index in [4.69, 9.17) is 0 Å². The Kier molecular flexibility index (Phi) is 9.08. The molecule has 3 heteroatoms. The molecule has 0 saturated carbocycles. The van der Waals surface area contributed by atoms with Crippen LogP contribution in [0, 0.1) is 6.92 Å². The number of nitrogens with one attached hydrogen (secondary N) is 1. The van der Waals surface area contributed by atoms with Gasteiger partial charge in [-0.05, 0) is 6.42 Å². The third-order valence-electron chi connectivity index (χ3n) is 1.85. The van der Waals surface area contributed by atoms with Crippen molar-refractivity contribution >= 4 is 5.96 Å². The summed E-state index contributed by atoms with van der Waals surface area (Å²) in [5.74, 6) is 0.850. The Morgan fingerprint density at radius 3 is 2.44 bits per heavy atom. The molecule has 0 aliphatic rings. The zero-order valence-electron chi connectivity index (χ0n) is 9.99. The second kappa shape index (κ2) is 10.0. The molecule has 0 unspecified atom stereocenters. The molecule has 0 aliphatic carbocycles. The summed E-state index contributed by atoms with van der Waals surface area (Å²) in [5, 5.41) is 3.21. The standard InChI is InChI=1S/C13H22N3/c1-5-9-14-13(15-10-6-2)16(11-7-3)12-8-4/h5-7H,1-4,8-12H2,(H,14,15). The van der Waals surface area contributed by atoms with E-state index in [1.54, 1.807) is 12.2 Å². The van der Waals surface area contributed by atoms with E-state index in [1.165, 1.54) is 0 Å². The first-order valence-electron chi connectivity index (χ1n) is 5.45. The molecule has 3 nitrogen and oxygen atoms in total. The second-order valence-electron chi connectivity index (χ2n) is 3.21. The van der Waals surface area contributed by atoms with Crippen LogP contribution in [-0.2, 0) is 0 Å². The van der Waals surface area contributed by atoms with Crippen molar-refractivity contribution in [2.45, 2.75) is 6.42 Å². The van der Waals surface area contributed by atoms with Crippen molar-refractivity contribution in [1.29, 1.82) is 0 Å². The van der Waals surface area contributed by atoms with E-state index < -0.39 is 0 Å². The minimum Gasteiger partial charge on any atom is -0.353 e. The predicted molar refractivity (Wildman–Crippen MR) is 72.4 cm³/mol. The fourth-order valence-electron chi connectivity index (χ4n) is 1.21. The molecule has 0 spiro atoms. The van der Waals surface area contributed by atoms with Gasteiger partial charge in [0.2, 0.25) is 0 Å². The summed E-state index contributed by atoms with van der Waals surface area (Å²) in [6.07, 6.45) is 6.26. The highest BCUT2D eigenvalue weighted by Crippen LogP contribution is 1.94. The Morgan fingerprint density at radius 2 is 1.94 bits per heavy atom. The molecule has 0 aromatic carbocycles. The van der Waals surface area contributed by atoms with Gasteiger partial charge in [0.25, 0.3) is 0 Å². The van der Waals surface area contributed by atoms with E-state index >= 15 is 0 Å². The summed E-state index contributed by atoms with van der Waals surface area (Å²) < 4.78 is 0. The van der Waals surface area contributed by atoms with Crippen molar-refractivity contribution in [1.82, 2.24) is 10.2 Å². The fraction of sp³-hybridized carbons (Fsp3) is 0.385. The average Bonchev–Trinajstić information content (AvgIpc) is 2.29. The van der Waals surface area contributed by atoms with Gasteiger partial charge in [0.1, 0.15) is 0 Å². The Morgan fingerprint density at radius 1 is 1.19 bits per heavy atom. The van der Waals surface area contributed by atoms with E-state index in [1.807, 2.05) is 6.08 Å². The van der Waals surface area contributed by atoms with Crippen LogP contribution in [0.5, 0.6) is 0 Å². The van der Waals surface area contributed by atoms with Gasteiger partial charge in [0.05, 0.1) is 6.54 Å². The smallest absolute Gasteiger partial charge is 0.194 e. The van der Waals surface area contributed by atoms with Crippen LogP contribution in [0.25, 0.3) is 0 Å². The van der Waals surface area contributed by atoms with Gasteiger partial charge >= 0.3 is 0 Å². The Hall–Kier alpha value is -1.51. The summed E-state index contributed by atoms with van der Waals surface area (Å²) in [4.78, 5) is 6.51. The maximum atomic E-state index is 4.41. The molecule has 0 heterocycles. The summed E-state index contributed by atoms with van der Waals surface area (Å²) in [5.41, 5.74) is 0. The fourth-order valence-corrected chi connectivity index (χ4v) is 1.21. The van der Waals surface area contributed by atoms with Crippen LogP contribution in [0.1, 0.15) is 6.42 Å². The van der Waals surface area contributed by atoms with Crippen molar-refractivity contribution in [2.75, 3.05) is 26.2 Å². The van der Waals surface area contributed by atoms with Gasteiger partial charge in [-0.1, -0.05) is 25.2 Å². The van der Waals surface area contributed by atoms with Crippen molar-refractivity contribution in [3.05, 3.63) is 44.9 Å². The molecule has 0 amide bonds. The number of hydrogen-bond donors (Lipinski definition) is 1. The molecule has 0 aromatic rings. The van der Waals surface area contributed by atoms with Gasteiger partial charge in [-0.3, -0.25) is 0 Å². The first kappa shape index (κ1) is 14.5. The predicted octanol–water partition coefficient (Wildman–Crippen LogP) is 2.02. The lowest BCUT2D eigenvalue weighted by Gasteiger charge is -2.24. The number of nitrogens with zero attached hydrogens (tertiary/aromatic N) is 2. The van der Waals surface area contributed by atoms with Crippen LogP contribution in [-0.4, -0.2) is 37.0 Å². The van der Waals surface area contributed by atoms with E-state index in [9.17, 15) is 0 Å². The lowest BCUT2D eigenvalue weighted by Crippen LogP contribution is -2.42. The van der Waals surface area contributed by atoms with Gasteiger partial charge in [-0.2, -0.15) is 0 Å². The molecule has 0 atom stereocenters. The molecular formula is C13H22N3. The maximum Gasteiger partial charge on any atom is 0.194 e. The quantitative estimate of drug-likeness (QED) is 0.385. The summed E-state index contributed by atoms with van der Waals surface area (Å²) in [7, 11) is 0. The van der Waals surface area contributed by atoms with Crippen LogP contribution in [0.2, 0.25) is 0 Å². The first-order valence-corrected chi connectivity index (χ1v) is 5.45. The highest BCUT2D eigenvalue weighted by molar-refractivity contribution is 5.80. The first-order chi connectivity index (χ1) is 7.79. The normalized spacial score (nSPS) is 10.7. The van der Waals surface area contributed by atoms with Crippen LogP contribution in [0.4, 0.5) is 0 Å². The van der Waals surface area contributed by atoms with Gasteiger partial charge < -0.3 is 10.2 Å². The van der Waals surface area contributed by atoms with Crippen LogP contribution in [0.3, 0.4) is 0 Å². The van der Waals surface area contributed by atoms with Crippen LogP contribution >= 0.6 is 0 Å². The summed E-state index contributed by atoms with van der Waals surface area (Å²) >= 11 is 0. The Bertz CT molecular complexity index is 244. The third-order valence-corrected chi connectivity index (χ3v) is 1.85. The number of hydrogen-bond acceptors (Lipinski definition) is 1. The lowest BCUT2D eigenvalue weighted by molar-refractivity contribution is 0.451. The number of rotatable bonds is 8. The molecule has 0 rings (SSSR count). The molecule has 0 bridgehead atoms. The summed E-state index contributed by atoms with van der Waals surface area (Å²) in [6.45, 7) is 17.8. The van der Waals surface area contributed by atoms with Gasteiger partial charge in [0, 0.05) is 19.6 Å². The van der Waals surface area contributed by atoms with E-state index in [-0.39, 0.29) is 0 Å². The minimum absolute atomic E-state index is 0.601. The Labute approximate surface area is 99.3 Å². The number of aliphatic imine (C=N–C) groups is 1. The topological polar surface area (TPSA) is 27.6 Å². The van der Waals surface area contributed by atoms with Gasteiger partial charge in [-0.15, -0.1) is 19.7 Å².